The Balaban J connectivity index is 1.98. The van der Waals surface area contributed by atoms with Crippen LogP contribution in [0.1, 0.15) is 26.3 Å². The number of nitrogens with one attached hydrogen (secondary N) is 1. The Morgan fingerprint density at radius 2 is 1.81 bits per heavy atom. The molecule has 0 aromatic heterocycles. The Morgan fingerprint density at radius 3 is 2.35 bits per heavy atom. The molecular formula is C19H22N2O5. The molecule has 0 radical (unpaired) electrons. The fourth-order valence-corrected chi connectivity index (χ4v) is 2.28. The van der Waals surface area contributed by atoms with E-state index in [0.717, 1.165) is 0 Å². The molecule has 7 nitrogen and oxygen atoms in total. The molecule has 2 rings (SSSR count). The van der Waals surface area contributed by atoms with E-state index in [2.05, 4.69) is 26.1 Å². The van der Waals surface area contributed by atoms with Crippen molar-refractivity contribution in [2.45, 2.75) is 26.2 Å². The number of nitro groups is 1. The van der Waals surface area contributed by atoms with Crippen molar-refractivity contribution < 1.29 is 19.2 Å². The predicted octanol–water partition coefficient (Wildman–Crippen LogP) is 3.92. The minimum absolute atomic E-state index is 0.0440. The van der Waals surface area contributed by atoms with Crippen LogP contribution in [0.2, 0.25) is 0 Å². The number of nitrogens with zero attached hydrogens (tertiary/aromatic N) is 1. The molecule has 26 heavy (non-hydrogen) atoms. The van der Waals surface area contributed by atoms with Crippen LogP contribution in [-0.2, 0) is 10.2 Å². The fourth-order valence-electron chi connectivity index (χ4n) is 2.28. The highest BCUT2D eigenvalue weighted by atomic mass is 16.6. The first-order valence-electron chi connectivity index (χ1n) is 8.06. The lowest BCUT2D eigenvalue weighted by Crippen LogP contribution is -2.20. The summed E-state index contributed by atoms with van der Waals surface area (Å²) < 4.78 is 10.6. The molecule has 138 valence electrons. The summed E-state index contributed by atoms with van der Waals surface area (Å²) in [6, 6.07) is 11.5. The van der Waals surface area contributed by atoms with Crippen LogP contribution in [0.4, 0.5) is 11.4 Å². The standard InChI is InChI=1S/C19H22N2O5/c1-19(2,3)13-5-8-15(9-6-13)26-12-18(22)20-16-10-7-14(21(23)24)11-17(16)25-4/h5-11H,12H2,1-4H3,(H,20,22). The lowest BCUT2D eigenvalue weighted by atomic mass is 9.87. The smallest absolute Gasteiger partial charge is 0.273 e. The molecule has 0 aliphatic heterocycles. The van der Waals surface area contributed by atoms with Gasteiger partial charge in [0, 0.05) is 6.07 Å². The number of hydrogen-bond donors (Lipinski definition) is 1. The number of benzene rings is 2. The predicted molar refractivity (Wildman–Crippen MR) is 98.9 cm³/mol. The minimum atomic E-state index is -0.529. The highest BCUT2D eigenvalue weighted by molar-refractivity contribution is 5.93. The normalized spacial score (nSPS) is 10.9. The summed E-state index contributed by atoms with van der Waals surface area (Å²) in [6.45, 7) is 6.17. The zero-order valence-corrected chi connectivity index (χ0v) is 15.2. The summed E-state index contributed by atoms with van der Waals surface area (Å²) in [5.41, 5.74) is 1.44. The van der Waals surface area contributed by atoms with Crippen molar-refractivity contribution in [2.75, 3.05) is 19.0 Å². The third-order valence-corrected chi connectivity index (χ3v) is 3.76. The molecule has 0 bridgehead atoms. The maximum absolute atomic E-state index is 12.1. The first-order chi connectivity index (χ1) is 12.2. The molecule has 0 saturated carbocycles. The van der Waals surface area contributed by atoms with E-state index in [4.69, 9.17) is 9.47 Å². The van der Waals surface area contributed by atoms with Gasteiger partial charge in [-0.05, 0) is 29.2 Å². The molecule has 7 heteroatoms. The number of methoxy groups -OCH3 is 1. The Hall–Kier alpha value is -3.09. The van der Waals surface area contributed by atoms with E-state index in [1.807, 2.05) is 24.3 Å². The molecule has 0 unspecified atom stereocenters. The summed E-state index contributed by atoms with van der Waals surface area (Å²) >= 11 is 0. The van der Waals surface area contributed by atoms with Gasteiger partial charge in [-0.15, -0.1) is 0 Å². The molecular weight excluding hydrogens is 336 g/mol. The van der Waals surface area contributed by atoms with Gasteiger partial charge < -0.3 is 14.8 Å². The van der Waals surface area contributed by atoms with Crippen LogP contribution in [-0.4, -0.2) is 24.5 Å². The number of hydrogen-bond acceptors (Lipinski definition) is 5. The number of anilines is 1. The lowest BCUT2D eigenvalue weighted by Gasteiger charge is -2.19. The maximum Gasteiger partial charge on any atom is 0.273 e. The zero-order chi connectivity index (χ0) is 19.3. The summed E-state index contributed by atoms with van der Waals surface area (Å²) in [7, 11) is 1.38. The van der Waals surface area contributed by atoms with Crippen LogP contribution in [0.5, 0.6) is 11.5 Å². The Bertz CT molecular complexity index is 795. The van der Waals surface area contributed by atoms with Gasteiger partial charge in [-0.25, -0.2) is 0 Å². The zero-order valence-electron chi connectivity index (χ0n) is 15.2. The molecule has 0 heterocycles. The second-order valence-corrected chi connectivity index (χ2v) is 6.75. The van der Waals surface area contributed by atoms with Crippen molar-refractivity contribution in [1.29, 1.82) is 0 Å². The molecule has 0 aliphatic rings. The second-order valence-electron chi connectivity index (χ2n) is 6.75. The van der Waals surface area contributed by atoms with E-state index in [0.29, 0.717) is 11.4 Å². The summed E-state index contributed by atoms with van der Waals surface area (Å²) in [4.78, 5) is 22.3. The summed E-state index contributed by atoms with van der Waals surface area (Å²) in [5.74, 6) is 0.406. The van der Waals surface area contributed by atoms with Crippen LogP contribution in [0.15, 0.2) is 42.5 Å². The van der Waals surface area contributed by atoms with Crippen molar-refractivity contribution in [2.24, 2.45) is 0 Å². The van der Waals surface area contributed by atoms with Gasteiger partial charge in [0.05, 0.1) is 23.8 Å². The SMILES string of the molecule is COc1cc([N+](=O)[O-])ccc1NC(=O)COc1ccc(C(C)(C)C)cc1. The van der Waals surface area contributed by atoms with Crippen molar-refractivity contribution in [3.05, 3.63) is 58.1 Å². The van der Waals surface area contributed by atoms with Gasteiger partial charge >= 0.3 is 0 Å². The average molecular weight is 358 g/mol. The molecule has 1 amide bonds. The van der Waals surface area contributed by atoms with E-state index < -0.39 is 10.8 Å². The lowest BCUT2D eigenvalue weighted by molar-refractivity contribution is -0.384. The van der Waals surface area contributed by atoms with Crippen LogP contribution < -0.4 is 14.8 Å². The van der Waals surface area contributed by atoms with Crippen molar-refractivity contribution in [3.63, 3.8) is 0 Å². The number of rotatable bonds is 6. The van der Waals surface area contributed by atoms with E-state index in [9.17, 15) is 14.9 Å². The van der Waals surface area contributed by atoms with Crippen LogP contribution in [0.3, 0.4) is 0 Å². The van der Waals surface area contributed by atoms with Gasteiger partial charge in [-0.2, -0.15) is 0 Å². The molecule has 0 atom stereocenters. The van der Waals surface area contributed by atoms with Crippen LogP contribution in [0.25, 0.3) is 0 Å². The van der Waals surface area contributed by atoms with Crippen LogP contribution >= 0.6 is 0 Å². The fraction of sp³-hybridized carbons (Fsp3) is 0.316. The van der Waals surface area contributed by atoms with Gasteiger partial charge in [0.25, 0.3) is 11.6 Å². The van der Waals surface area contributed by atoms with Gasteiger partial charge in [0.15, 0.2) is 6.61 Å². The first-order valence-corrected chi connectivity index (χ1v) is 8.06. The van der Waals surface area contributed by atoms with E-state index in [1.165, 1.54) is 30.9 Å². The Labute approximate surface area is 152 Å². The highest BCUT2D eigenvalue weighted by Crippen LogP contribution is 2.29. The first kappa shape index (κ1) is 19.2. The molecule has 1 N–H and O–H groups in total. The van der Waals surface area contributed by atoms with Gasteiger partial charge in [0.2, 0.25) is 0 Å². The Kier molecular flexibility index (Phi) is 5.82. The van der Waals surface area contributed by atoms with Crippen LogP contribution in [0, 0.1) is 10.1 Å². The molecule has 0 saturated heterocycles. The number of non-ortho nitro benzene ring substituents is 1. The summed E-state index contributed by atoms with van der Waals surface area (Å²) in [6.07, 6.45) is 0. The van der Waals surface area contributed by atoms with Crippen molar-refractivity contribution >= 4 is 17.3 Å². The largest absolute Gasteiger partial charge is 0.494 e. The van der Waals surface area contributed by atoms with Gasteiger partial charge in [0.1, 0.15) is 11.5 Å². The van der Waals surface area contributed by atoms with Crippen molar-refractivity contribution in [3.8, 4) is 11.5 Å². The third kappa shape index (κ3) is 4.95. The number of nitro benzene ring substituents is 1. The Morgan fingerprint density at radius 1 is 1.15 bits per heavy atom. The van der Waals surface area contributed by atoms with E-state index in [-0.39, 0.29) is 23.5 Å². The molecule has 0 fully saturated rings. The molecule has 2 aromatic carbocycles. The third-order valence-electron chi connectivity index (χ3n) is 3.76. The van der Waals surface area contributed by atoms with E-state index >= 15 is 0 Å². The second kappa shape index (κ2) is 7.86. The highest BCUT2D eigenvalue weighted by Gasteiger charge is 2.15. The molecule has 0 aliphatic carbocycles. The minimum Gasteiger partial charge on any atom is -0.494 e. The number of ether oxygens (including phenoxy) is 2. The number of carbonyl (C=O) groups excluding carboxylic acids is 1. The molecule has 2 aromatic rings. The number of amides is 1. The average Bonchev–Trinajstić information content (AvgIpc) is 2.59. The maximum atomic E-state index is 12.1. The number of carbonyl (C=O) groups is 1. The van der Waals surface area contributed by atoms with Gasteiger partial charge in [-0.3, -0.25) is 14.9 Å². The monoisotopic (exact) mass is 358 g/mol. The molecule has 0 spiro atoms. The van der Waals surface area contributed by atoms with E-state index in [1.54, 1.807) is 0 Å². The van der Waals surface area contributed by atoms with Gasteiger partial charge in [-0.1, -0.05) is 32.9 Å². The van der Waals surface area contributed by atoms with Crippen molar-refractivity contribution in [1.82, 2.24) is 0 Å². The quantitative estimate of drug-likeness (QED) is 0.624. The topological polar surface area (TPSA) is 90.7 Å². The summed E-state index contributed by atoms with van der Waals surface area (Å²) in [5, 5.41) is 13.4.